The molecule has 0 spiro atoms. The lowest BCUT2D eigenvalue weighted by Crippen LogP contribution is -2.11. The van der Waals surface area contributed by atoms with Crippen LogP contribution >= 0.6 is 11.8 Å². The number of carbonyl (C=O) groups is 1. The van der Waals surface area contributed by atoms with Gasteiger partial charge in [-0.05, 0) is 25.5 Å². The molecule has 0 heterocycles. The second-order valence-electron chi connectivity index (χ2n) is 5.02. The van der Waals surface area contributed by atoms with Crippen LogP contribution in [-0.2, 0) is 9.53 Å². The minimum absolute atomic E-state index is 0.175. The number of methoxy groups -OCH3 is 1. The van der Waals surface area contributed by atoms with Crippen LogP contribution in [0.5, 0.6) is 0 Å². The van der Waals surface area contributed by atoms with E-state index < -0.39 is 0 Å². The fraction of sp³-hybridized carbons (Fsp3) is 0.312. The van der Waals surface area contributed by atoms with Gasteiger partial charge in [-0.25, -0.2) is 4.79 Å². The molecule has 0 saturated carbocycles. The highest BCUT2D eigenvalue weighted by Gasteiger charge is 2.39. The molecule has 98 valence electrons. The first-order valence-electron chi connectivity index (χ1n) is 6.44. The number of hydrogen-bond acceptors (Lipinski definition) is 3. The van der Waals surface area contributed by atoms with Crippen LogP contribution in [0.4, 0.5) is 0 Å². The summed E-state index contributed by atoms with van der Waals surface area (Å²) in [7, 11) is 1.46. The van der Waals surface area contributed by atoms with Crippen LogP contribution in [0.15, 0.2) is 51.8 Å². The number of esters is 1. The van der Waals surface area contributed by atoms with Crippen molar-refractivity contribution < 1.29 is 9.53 Å². The topological polar surface area (TPSA) is 26.3 Å². The summed E-state index contributed by atoms with van der Waals surface area (Å²) < 4.78 is 4.93. The molecule has 19 heavy (non-hydrogen) atoms. The van der Waals surface area contributed by atoms with E-state index in [1.165, 1.54) is 22.5 Å². The van der Waals surface area contributed by atoms with Crippen LogP contribution in [0.25, 0.3) is 0 Å². The van der Waals surface area contributed by atoms with Crippen molar-refractivity contribution in [1.29, 1.82) is 0 Å². The van der Waals surface area contributed by atoms with Crippen molar-refractivity contribution in [2.75, 3.05) is 7.11 Å². The van der Waals surface area contributed by atoms with Gasteiger partial charge < -0.3 is 4.74 Å². The monoisotopic (exact) mass is 272 g/mol. The summed E-state index contributed by atoms with van der Waals surface area (Å²) in [6.45, 7) is 2.08. The zero-order valence-electron chi connectivity index (χ0n) is 11.1. The van der Waals surface area contributed by atoms with Gasteiger partial charge in [0.15, 0.2) is 0 Å². The Bertz CT molecular complexity index is 569. The molecule has 0 unspecified atom stereocenters. The van der Waals surface area contributed by atoms with Crippen LogP contribution in [0.3, 0.4) is 0 Å². The van der Waals surface area contributed by atoms with Gasteiger partial charge in [0, 0.05) is 21.6 Å². The molecule has 0 saturated heterocycles. The highest BCUT2D eigenvalue weighted by atomic mass is 32.2. The van der Waals surface area contributed by atoms with Crippen molar-refractivity contribution in [2.45, 2.75) is 18.2 Å². The van der Waals surface area contributed by atoms with E-state index in [9.17, 15) is 4.79 Å². The molecule has 2 aliphatic rings. The molecule has 0 aliphatic heterocycles. The SMILES string of the molecule is COC(=O)C1=C(Sc2ccc(C)cc2)[C@@H]2C=C[C@H]1C2. The van der Waals surface area contributed by atoms with E-state index in [1.54, 1.807) is 11.8 Å². The zero-order valence-corrected chi connectivity index (χ0v) is 11.9. The largest absolute Gasteiger partial charge is 0.466 e. The first-order chi connectivity index (χ1) is 9.19. The predicted molar refractivity (Wildman–Crippen MR) is 76.8 cm³/mol. The predicted octanol–water partition coefficient (Wildman–Crippen LogP) is 3.72. The number of aryl methyl sites for hydroxylation is 1. The molecular weight excluding hydrogens is 256 g/mol. The summed E-state index contributed by atoms with van der Waals surface area (Å²) in [6, 6.07) is 8.42. The van der Waals surface area contributed by atoms with E-state index in [1.807, 2.05) is 0 Å². The summed E-state index contributed by atoms with van der Waals surface area (Å²) in [4.78, 5) is 14.3. The summed E-state index contributed by atoms with van der Waals surface area (Å²) >= 11 is 1.70. The van der Waals surface area contributed by atoms with Gasteiger partial charge >= 0.3 is 5.97 Å². The van der Waals surface area contributed by atoms with Crippen molar-refractivity contribution in [1.82, 2.24) is 0 Å². The molecule has 0 fully saturated rings. The van der Waals surface area contributed by atoms with Gasteiger partial charge in [0.25, 0.3) is 0 Å². The van der Waals surface area contributed by atoms with Gasteiger partial charge in [0.1, 0.15) is 0 Å². The number of allylic oxidation sites excluding steroid dienone is 3. The number of hydrogen-bond donors (Lipinski definition) is 0. The molecule has 2 bridgehead atoms. The van der Waals surface area contributed by atoms with E-state index in [2.05, 4.69) is 43.3 Å². The van der Waals surface area contributed by atoms with Crippen LogP contribution in [0.1, 0.15) is 12.0 Å². The molecule has 0 N–H and O–H groups in total. The Morgan fingerprint density at radius 3 is 2.58 bits per heavy atom. The average Bonchev–Trinajstić information content (AvgIpc) is 3.01. The maximum Gasteiger partial charge on any atom is 0.335 e. The van der Waals surface area contributed by atoms with Gasteiger partial charge in [-0.1, -0.05) is 41.6 Å². The molecule has 2 nitrogen and oxygen atoms in total. The Kier molecular flexibility index (Phi) is 3.23. The Hall–Kier alpha value is -1.48. The molecule has 3 heteroatoms. The molecular formula is C16H16O2S. The number of carbonyl (C=O) groups excluding carboxylic acids is 1. The Labute approximate surface area is 117 Å². The molecule has 3 rings (SSSR count). The smallest absolute Gasteiger partial charge is 0.335 e. The van der Waals surface area contributed by atoms with Gasteiger partial charge in [-0.3, -0.25) is 0 Å². The van der Waals surface area contributed by atoms with E-state index in [-0.39, 0.29) is 11.9 Å². The van der Waals surface area contributed by atoms with Crippen LogP contribution in [-0.4, -0.2) is 13.1 Å². The fourth-order valence-corrected chi connectivity index (χ4v) is 3.91. The maximum absolute atomic E-state index is 11.9. The number of fused-ring (bicyclic) bond motifs is 2. The lowest BCUT2D eigenvalue weighted by Gasteiger charge is -2.14. The number of ether oxygens (including phenoxy) is 1. The second kappa shape index (κ2) is 4.89. The normalized spacial score (nSPS) is 24.1. The Morgan fingerprint density at radius 1 is 1.21 bits per heavy atom. The Morgan fingerprint density at radius 2 is 1.89 bits per heavy atom. The summed E-state index contributed by atoms with van der Waals surface area (Å²) in [5.74, 6) is 0.474. The average molecular weight is 272 g/mol. The molecule has 1 aromatic rings. The highest BCUT2D eigenvalue weighted by Crippen LogP contribution is 2.50. The molecule has 2 atom stereocenters. The summed E-state index contributed by atoms with van der Waals surface area (Å²) in [5, 5.41) is 0. The van der Waals surface area contributed by atoms with E-state index in [4.69, 9.17) is 4.74 Å². The first kappa shape index (κ1) is 12.5. The van der Waals surface area contributed by atoms with E-state index in [0.717, 1.165) is 12.0 Å². The van der Waals surface area contributed by atoms with Crippen molar-refractivity contribution >= 4 is 17.7 Å². The third-order valence-electron chi connectivity index (χ3n) is 3.71. The molecule has 0 amide bonds. The van der Waals surface area contributed by atoms with Crippen molar-refractivity contribution in [3.63, 3.8) is 0 Å². The van der Waals surface area contributed by atoms with Gasteiger partial charge in [-0.2, -0.15) is 0 Å². The zero-order chi connectivity index (χ0) is 13.4. The lowest BCUT2D eigenvalue weighted by atomic mass is 10.0. The minimum Gasteiger partial charge on any atom is -0.466 e. The van der Waals surface area contributed by atoms with Crippen molar-refractivity contribution in [3.05, 3.63) is 52.5 Å². The van der Waals surface area contributed by atoms with Crippen LogP contribution < -0.4 is 0 Å². The van der Waals surface area contributed by atoms with E-state index in [0.29, 0.717) is 5.92 Å². The number of rotatable bonds is 3. The first-order valence-corrected chi connectivity index (χ1v) is 7.26. The molecule has 1 aromatic carbocycles. The summed E-state index contributed by atoms with van der Waals surface area (Å²) in [6.07, 6.45) is 5.38. The number of thioether (sulfide) groups is 1. The fourth-order valence-electron chi connectivity index (χ4n) is 2.72. The van der Waals surface area contributed by atoms with Gasteiger partial charge in [0.2, 0.25) is 0 Å². The lowest BCUT2D eigenvalue weighted by molar-refractivity contribution is -0.136. The number of benzene rings is 1. The van der Waals surface area contributed by atoms with Crippen molar-refractivity contribution in [2.24, 2.45) is 11.8 Å². The Balaban J connectivity index is 1.91. The van der Waals surface area contributed by atoms with Gasteiger partial charge in [-0.15, -0.1) is 0 Å². The maximum atomic E-state index is 11.9. The third kappa shape index (κ3) is 2.23. The molecule has 2 aliphatic carbocycles. The second-order valence-corrected chi connectivity index (χ2v) is 6.13. The van der Waals surface area contributed by atoms with Crippen LogP contribution in [0.2, 0.25) is 0 Å². The van der Waals surface area contributed by atoms with E-state index >= 15 is 0 Å². The summed E-state index contributed by atoms with van der Waals surface area (Å²) in [5.41, 5.74) is 2.11. The minimum atomic E-state index is -0.175. The molecule has 0 radical (unpaired) electrons. The van der Waals surface area contributed by atoms with Crippen LogP contribution in [0, 0.1) is 18.8 Å². The quantitative estimate of drug-likeness (QED) is 0.619. The van der Waals surface area contributed by atoms with Crippen molar-refractivity contribution in [3.8, 4) is 0 Å². The standard InChI is InChI=1S/C16H16O2S/c1-10-3-7-13(8-4-10)19-15-12-6-5-11(9-12)14(15)16(17)18-2/h3-8,11-12H,9H2,1-2H3/t11-,12+/m0/s1. The van der Waals surface area contributed by atoms with Gasteiger partial charge in [0.05, 0.1) is 12.7 Å². The molecule has 0 aromatic heterocycles. The third-order valence-corrected chi connectivity index (χ3v) is 4.96. The highest BCUT2D eigenvalue weighted by molar-refractivity contribution is 8.03.